The van der Waals surface area contributed by atoms with E-state index in [0.717, 1.165) is 11.4 Å². The van der Waals surface area contributed by atoms with Crippen molar-refractivity contribution in [3.8, 4) is 12.1 Å². The summed E-state index contributed by atoms with van der Waals surface area (Å²) in [5.41, 5.74) is -0.125. The number of esters is 1. The van der Waals surface area contributed by atoms with Crippen LogP contribution in [0.1, 0.15) is 22.8 Å². The van der Waals surface area contributed by atoms with E-state index in [-0.39, 0.29) is 45.5 Å². The van der Waals surface area contributed by atoms with Crippen LogP contribution in [-0.4, -0.2) is 52.4 Å². The maximum absolute atomic E-state index is 12.2. The van der Waals surface area contributed by atoms with E-state index in [1.54, 1.807) is 31.2 Å². The standard InChI is InChI=1S/C11H10N2O3S.C10H10N2O4S/c1-2-13-9(7-12)11(14)8-5-3-4-6-10(8)17(13,15)16;1-16-10(13)8-4-2-3-5-9(8)17(14,15)12-7-6-11/h3-6,14H,2H2,1H3;2-5,12H,7H2,1H3. The van der Waals surface area contributed by atoms with Gasteiger partial charge in [-0.3, -0.25) is 4.31 Å². The molecular formula is C21H20N4O7S2. The summed E-state index contributed by atoms with van der Waals surface area (Å²) in [4.78, 5) is 11.2. The van der Waals surface area contributed by atoms with E-state index >= 15 is 0 Å². The average Bonchev–Trinajstić information content (AvgIpc) is 2.84. The number of ether oxygens (including phenoxy) is 1. The summed E-state index contributed by atoms with van der Waals surface area (Å²) in [7, 11) is -6.45. The summed E-state index contributed by atoms with van der Waals surface area (Å²) in [6, 6.07) is 15.1. The van der Waals surface area contributed by atoms with Crippen molar-refractivity contribution in [2.45, 2.75) is 16.7 Å². The average molecular weight is 505 g/mol. The number of carbonyl (C=O) groups is 1. The predicted octanol–water partition coefficient (Wildman–Crippen LogP) is 1.74. The summed E-state index contributed by atoms with van der Waals surface area (Å²) >= 11 is 0. The highest BCUT2D eigenvalue weighted by Crippen LogP contribution is 2.34. The smallest absolute Gasteiger partial charge is 0.339 e. The lowest BCUT2D eigenvalue weighted by atomic mass is 10.1. The first-order chi connectivity index (χ1) is 16.1. The lowest BCUT2D eigenvalue weighted by Crippen LogP contribution is -2.34. The third kappa shape index (κ3) is 5.18. The zero-order valence-electron chi connectivity index (χ0n) is 18.1. The van der Waals surface area contributed by atoms with Gasteiger partial charge in [-0.05, 0) is 31.2 Å². The molecule has 0 radical (unpaired) electrons. The maximum Gasteiger partial charge on any atom is 0.339 e. The Kier molecular flexibility index (Phi) is 8.37. The Labute approximate surface area is 197 Å². The number of benzene rings is 2. The molecule has 0 fully saturated rings. The zero-order chi connectivity index (χ0) is 25.5. The fraction of sp³-hybridized carbons (Fsp3) is 0.190. The molecule has 0 amide bonds. The SMILES string of the molecule is CCN1C(C#N)=C(O)c2ccccc2S1(=O)=O.COC(=O)c1ccccc1S(=O)(=O)NCC#N. The fourth-order valence-electron chi connectivity index (χ4n) is 2.99. The van der Waals surface area contributed by atoms with Crippen molar-refractivity contribution < 1.29 is 31.5 Å². The Hall–Kier alpha value is -3.91. The van der Waals surface area contributed by atoms with Crippen molar-refractivity contribution in [2.75, 3.05) is 20.2 Å². The van der Waals surface area contributed by atoms with Crippen LogP contribution in [0.15, 0.2) is 64.0 Å². The second-order valence-electron chi connectivity index (χ2n) is 6.45. The quantitative estimate of drug-likeness (QED) is 0.453. The van der Waals surface area contributed by atoms with Crippen molar-refractivity contribution in [3.63, 3.8) is 0 Å². The third-order valence-electron chi connectivity index (χ3n) is 4.50. The predicted molar refractivity (Wildman–Crippen MR) is 120 cm³/mol. The van der Waals surface area contributed by atoms with Gasteiger partial charge in [0.1, 0.15) is 6.07 Å². The largest absolute Gasteiger partial charge is 0.504 e. The number of sulfonamides is 2. The lowest BCUT2D eigenvalue weighted by molar-refractivity contribution is 0.0596. The molecular weight excluding hydrogens is 484 g/mol. The maximum atomic E-state index is 12.2. The van der Waals surface area contributed by atoms with Gasteiger partial charge in [0, 0.05) is 12.1 Å². The molecule has 178 valence electrons. The first-order valence-electron chi connectivity index (χ1n) is 9.56. The minimum absolute atomic E-state index is 0.0263. The molecule has 0 bridgehead atoms. The first kappa shape index (κ1) is 26.3. The Morgan fingerprint density at radius 1 is 1.15 bits per heavy atom. The lowest BCUT2D eigenvalue weighted by Gasteiger charge is -2.27. The highest BCUT2D eigenvalue weighted by atomic mass is 32.2. The van der Waals surface area contributed by atoms with E-state index in [1.165, 1.54) is 36.4 Å². The number of carbonyl (C=O) groups excluding carboxylic acids is 1. The number of rotatable bonds is 5. The Balaban J connectivity index is 0.000000240. The van der Waals surface area contributed by atoms with Gasteiger partial charge in [-0.2, -0.15) is 15.2 Å². The van der Waals surface area contributed by atoms with Gasteiger partial charge < -0.3 is 9.84 Å². The van der Waals surface area contributed by atoms with E-state index in [0.29, 0.717) is 0 Å². The molecule has 1 aliphatic heterocycles. The molecule has 0 unspecified atom stereocenters. The van der Waals surface area contributed by atoms with E-state index in [2.05, 4.69) is 4.74 Å². The summed E-state index contributed by atoms with van der Waals surface area (Å²) in [6.07, 6.45) is 0. The number of aliphatic hydroxyl groups excluding tert-OH is 1. The van der Waals surface area contributed by atoms with Crippen LogP contribution in [0.2, 0.25) is 0 Å². The second kappa shape index (κ2) is 10.8. The Bertz CT molecular complexity index is 1420. The van der Waals surface area contributed by atoms with Crippen LogP contribution in [0.25, 0.3) is 5.76 Å². The van der Waals surface area contributed by atoms with Crippen LogP contribution < -0.4 is 4.72 Å². The van der Waals surface area contributed by atoms with Gasteiger partial charge >= 0.3 is 5.97 Å². The van der Waals surface area contributed by atoms with Gasteiger partial charge in [0.25, 0.3) is 10.0 Å². The monoisotopic (exact) mass is 504 g/mol. The Morgan fingerprint density at radius 3 is 2.35 bits per heavy atom. The molecule has 13 heteroatoms. The van der Waals surface area contributed by atoms with Crippen LogP contribution in [0, 0.1) is 22.7 Å². The molecule has 3 rings (SSSR count). The summed E-state index contributed by atoms with van der Waals surface area (Å²) in [5.74, 6) is -1.04. The number of methoxy groups -OCH3 is 1. The topological polar surface area (TPSA) is 178 Å². The normalized spacial score (nSPS) is 14.1. The highest BCUT2D eigenvalue weighted by molar-refractivity contribution is 7.89. The molecule has 2 N–H and O–H groups in total. The summed E-state index contributed by atoms with van der Waals surface area (Å²) < 4.78 is 55.3. The van der Waals surface area contributed by atoms with Gasteiger partial charge in [-0.1, -0.05) is 24.3 Å². The first-order valence-corrected chi connectivity index (χ1v) is 12.5. The van der Waals surface area contributed by atoms with Gasteiger partial charge in [-0.15, -0.1) is 0 Å². The number of aliphatic hydroxyl groups is 1. The van der Waals surface area contributed by atoms with Crippen LogP contribution >= 0.6 is 0 Å². The Morgan fingerprint density at radius 2 is 1.76 bits per heavy atom. The van der Waals surface area contributed by atoms with Crippen LogP contribution in [0.5, 0.6) is 0 Å². The molecule has 1 aliphatic rings. The van der Waals surface area contributed by atoms with E-state index in [9.17, 15) is 26.7 Å². The van der Waals surface area contributed by atoms with Gasteiger partial charge in [0.15, 0.2) is 11.5 Å². The zero-order valence-corrected chi connectivity index (χ0v) is 19.7. The number of hydrogen-bond donors (Lipinski definition) is 2. The molecule has 0 saturated heterocycles. The van der Waals surface area contributed by atoms with Crippen LogP contribution in [0.4, 0.5) is 0 Å². The fourth-order valence-corrected chi connectivity index (χ4v) is 5.74. The molecule has 0 saturated carbocycles. The van der Waals surface area contributed by atoms with Crippen molar-refractivity contribution in [3.05, 3.63) is 65.4 Å². The van der Waals surface area contributed by atoms with Crippen molar-refractivity contribution in [1.29, 1.82) is 10.5 Å². The number of nitrogens with one attached hydrogen (secondary N) is 1. The minimum atomic E-state index is -3.88. The molecule has 34 heavy (non-hydrogen) atoms. The number of nitriles is 2. The van der Waals surface area contributed by atoms with E-state index in [4.69, 9.17) is 10.5 Å². The number of hydrogen-bond acceptors (Lipinski definition) is 9. The van der Waals surface area contributed by atoms with Gasteiger partial charge in [0.05, 0.1) is 35.1 Å². The van der Waals surface area contributed by atoms with Crippen LogP contribution in [0.3, 0.4) is 0 Å². The molecule has 2 aromatic carbocycles. The minimum Gasteiger partial charge on any atom is -0.504 e. The molecule has 0 spiro atoms. The number of nitrogens with zero attached hydrogens (tertiary/aromatic N) is 3. The highest BCUT2D eigenvalue weighted by Gasteiger charge is 2.35. The second-order valence-corrected chi connectivity index (χ2v) is 10.0. The van der Waals surface area contributed by atoms with E-state index < -0.39 is 26.0 Å². The van der Waals surface area contributed by atoms with Gasteiger partial charge in [0.2, 0.25) is 10.0 Å². The number of fused-ring (bicyclic) bond motifs is 1. The van der Waals surface area contributed by atoms with Crippen molar-refractivity contribution >= 4 is 31.8 Å². The van der Waals surface area contributed by atoms with Crippen molar-refractivity contribution in [1.82, 2.24) is 9.03 Å². The van der Waals surface area contributed by atoms with Gasteiger partial charge in [-0.25, -0.2) is 21.6 Å². The summed E-state index contributed by atoms with van der Waals surface area (Å²) in [6.45, 7) is 1.34. The van der Waals surface area contributed by atoms with Crippen molar-refractivity contribution in [2.24, 2.45) is 0 Å². The molecule has 2 aromatic rings. The van der Waals surface area contributed by atoms with Crippen LogP contribution in [-0.2, 0) is 24.8 Å². The molecule has 1 heterocycles. The third-order valence-corrected chi connectivity index (χ3v) is 7.89. The summed E-state index contributed by atoms with van der Waals surface area (Å²) in [5, 5.41) is 27.2. The molecule has 0 atom stereocenters. The molecule has 0 aliphatic carbocycles. The van der Waals surface area contributed by atoms with E-state index in [1.807, 2.05) is 4.72 Å². The number of allylic oxidation sites excluding steroid dienone is 1. The molecule has 0 aromatic heterocycles. The molecule has 11 nitrogen and oxygen atoms in total.